The maximum absolute atomic E-state index is 4.48. The van der Waals surface area contributed by atoms with Gasteiger partial charge >= 0.3 is 0 Å². The number of aromatic amines is 1. The maximum Gasteiger partial charge on any atom is 0.152 e. The number of rotatable bonds is 2. The smallest absolute Gasteiger partial charge is 0.152 e. The van der Waals surface area contributed by atoms with Gasteiger partial charge in [0.25, 0.3) is 0 Å². The molecule has 1 aliphatic carbocycles. The van der Waals surface area contributed by atoms with Gasteiger partial charge in [-0.15, -0.1) is 0 Å². The van der Waals surface area contributed by atoms with E-state index in [-0.39, 0.29) is 0 Å². The molecule has 2 aliphatic rings. The number of aromatic nitrogens is 2. The summed E-state index contributed by atoms with van der Waals surface area (Å²) in [6, 6.07) is 7.00. The van der Waals surface area contributed by atoms with E-state index in [1.165, 1.54) is 35.2 Å². The van der Waals surface area contributed by atoms with Gasteiger partial charge in [0.1, 0.15) is 0 Å². The Labute approximate surface area is 126 Å². The monoisotopic (exact) mass is 332 g/mol. The summed E-state index contributed by atoms with van der Waals surface area (Å²) >= 11 is 3.55. The summed E-state index contributed by atoms with van der Waals surface area (Å²) in [6.45, 7) is 2.19. The van der Waals surface area contributed by atoms with Gasteiger partial charge < -0.3 is 10.6 Å². The number of anilines is 1. The van der Waals surface area contributed by atoms with E-state index in [9.17, 15) is 0 Å². The Morgan fingerprint density at radius 2 is 2.10 bits per heavy atom. The largest absolute Gasteiger partial charge is 0.366 e. The molecule has 1 aromatic carbocycles. The molecular formula is C15H17BrN4. The molecule has 5 heteroatoms. The number of nitrogens with one attached hydrogen (secondary N) is 3. The molecule has 0 atom stereocenters. The van der Waals surface area contributed by atoms with Crippen molar-refractivity contribution < 1.29 is 0 Å². The van der Waals surface area contributed by atoms with E-state index in [2.05, 4.69) is 55.0 Å². The molecule has 0 saturated carbocycles. The topological polar surface area (TPSA) is 52.7 Å². The molecular weight excluding hydrogens is 316 g/mol. The lowest BCUT2D eigenvalue weighted by Crippen LogP contribution is -2.35. The molecule has 0 bridgehead atoms. The van der Waals surface area contributed by atoms with Crippen LogP contribution in [0.2, 0.25) is 0 Å². The van der Waals surface area contributed by atoms with Crippen LogP contribution >= 0.6 is 15.9 Å². The fraction of sp³-hybridized carbons (Fsp3) is 0.400. The number of H-pyrrole nitrogens is 1. The van der Waals surface area contributed by atoms with Crippen LogP contribution in [-0.2, 0) is 6.42 Å². The first-order valence-electron chi connectivity index (χ1n) is 7.14. The van der Waals surface area contributed by atoms with Crippen LogP contribution in [-0.4, -0.2) is 29.3 Å². The van der Waals surface area contributed by atoms with Crippen molar-refractivity contribution in [1.29, 1.82) is 0 Å². The lowest BCUT2D eigenvalue weighted by Gasteiger charge is -2.23. The number of piperidine rings is 1. The molecule has 4 nitrogen and oxygen atoms in total. The highest BCUT2D eigenvalue weighted by Gasteiger charge is 2.25. The third-order valence-electron chi connectivity index (χ3n) is 4.25. The maximum atomic E-state index is 4.48. The normalized spacial score (nSPS) is 17.9. The summed E-state index contributed by atoms with van der Waals surface area (Å²) in [5.74, 6) is 1.04. The summed E-state index contributed by atoms with van der Waals surface area (Å²) in [5.41, 5.74) is 5.16. The molecule has 1 saturated heterocycles. The molecule has 3 N–H and O–H groups in total. The van der Waals surface area contributed by atoms with E-state index in [1.807, 2.05) is 0 Å². The number of hydrogen-bond acceptors (Lipinski definition) is 3. The number of benzene rings is 1. The highest BCUT2D eigenvalue weighted by molar-refractivity contribution is 9.10. The standard InChI is InChI=1S/C15H17BrN4/c16-10-1-2-12-9(7-10)8-13-14(12)19-20-15(13)18-11-3-5-17-6-4-11/h1-2,7,11,17H,3-6,8H2,(H2,18,19,20). The van der Waals surface area contributed by atoms with Gasteiger partial charge in [-0.05, 0) is 43.6 Å². The highest BCUT2D eigenvalue weighted by Crippen LogP contribution is 2.39. The molecule has 0 amide bonds. The van der Waals surface area contributed by atoms with Crippen LogP contribution in [0.3, 0.4) is 0 Å². The van der Waals surface area contributed by atoms with Crippen LogP contribution in [0.25, 0.3) is 11.3 Å². The number of nitrogens with zero attached hydrogens (tertiary/aromatic N) is 1. The molecule has 1 fully saturated rings. The average molecular weight is 333 g/mol. The Balaban J connectivity index is 1.62. The zero-order valence-electron chi connectivity index (χ0n) is 11.2. The molecule has 2 aromatic rings. The fourth-order valence-electron chi connectivity index (χ4n) is 3.18. The summed E-state index contributed by atoms with van der Waals surface area (Å²) in [7, 11) is 0. The van der Waals surface area contributed by atoms with Gasteiger partial charge in [-0.25, -0.2) is 0 Å². The molecule has 104 valence electrons. The van der Waals surface area contributed by atoms with E-state index in [4.69, 9.17) is 0 Å². The second-order valence-electron chi connectivity index (χ2n) is 5.57. The van der Waals surface area contributed by atoms with Crippen molar-refractivity contribution in [2.24, 2.45) is 0 Å². The summed E-state index contributed by atoms with van der Waals surface area (Å²) < 4.78 is 1.14. The molecule has 20 heavy (non-hydrogen) atoms. The lowest BCUT2D eigenvalue weighted by molar-refractivity contribution is 0.478. The van der Waals surface area contributed by atoms with Crippen molar-refractivity contribution in [3.05, 3.63) is 33.8 Å². The SMILES string of the molecule is Brc1ccc2c(c1)Cc1c(NC3CCNCC3)n[nH]c1-2. The number of fused-ring (bicyclic) bond motifs is 3. The van der Waals surface area contributed by atoms with Crippen LogP contribution in [0.4, 0.5) is 5.82 Å². The minimum atomic E-state index is 0.541. The van der Waals surface area contributed by atoms with Gasteiger partial charge in [0.2, 0.25) is 0 Å². The second-order valence-corrected chi connectivity index (χ2v) is 6.49. The minimum absolute atomic E-state index is 0.541. The van der Waals surface area contributed by atoms with Gasteiger partial charge in [-0.1, -0.05) is 22.0 Å². The lowest BCUT2D eigenvalue weighted by atomic mass is 10.1. The van der Waals surface area contributed by atoms with Crippen LogP contribution in [0.1, 0.15) is 24.0 Å². The predicted molar refractivity (Wildman–Crippen MR) is 84.0 cm³/mol. The van der Waals surface area contributed by atoms with Gasteiger partial charge in [0.15, 0.2) is 5.82 Å². The quantitative estimate of drug-likeness (QED) is 0.676. The zero-order valence-corrected chi connectivity index (χ0v) is 12.8. The first-order chi connectivity index (χ1) is 9.81. The van der Waals surface area contributed by atoms with Crippen molar-refractivity contribution in [3.8, 4) is 11.3 Å². The van der Waals surface area contributed by atoms with E-state index in [0.29, 0.717) is 6.04 Å². The third-order valence-corrected chi connectivity index (χ3v) is 4.74. The molecule has 0 spiro atoms. The predicted octanol–water partition coefficient (Wildman–Crippen LogP) is 2.91. The van der Waals surface area contributed by atoms with Gasteiger partial charge in [-0.2, -0.15) is 5.10 Å². The molecule has 0 radical (unpaired) electrons. The van der Waals surface area contributed by atoms with E-state index in [0.717, 1.165) is 29.8 Å². The van der Waals surface area contributed by atoms with Crippen LogP contribution < -0.4 is 10.6 Å². The van der Waals surface area contributed by atoms with Gasteiger partial charge in [-0.3, -0.25) is 5.10 Å². The first-order valence-corrected chi connectivity index (χ1v) is 7.94. The highest BCUT2D eigenvalue weighted by atomic mass is 79.9. The van der Waals surface area contributed by atoms with Crippen molar-refractivity contribution in [2.45, 2.75) is 25.3 Å². The van der Waals surface area contributed by atoms with Crippen LogP contribution in [0.5, 0.6) is 0 Å². The van der Waals surface area contributed by atoms with Crippen LogP contribution in [0, 0.1) is 0 Å². The molecule has 2 heterocycles. The Kier molecular flexibility index (Phi) is 3.04. The third kappa shape index (κ3) is 2.05. The molecule has 1 aliphatic heterocycles. The summed E-state index contributed by atoms with van der Waals surface area (Å²) in [5, 5.41) is 14.7. The Morgan fingerprint density at radius 1 is 1.25 bits per heavy atom. The van der Waals surface area contributed by atoms with Crippen molar-refractivity contribution in [2.75, 3.05) is 18.4 Å². The van der Waals surface area contributed by atoms with E-state index >= 15 is 0 Å². The molecule has 0 unspecified atom stereocenters. The Hall–Kier alpha value is -1.33. The Morgan fingerprint density at radius 3 is 2.95 bits per heavy atom. The summed E-state index contributed by atoms with van der Waals surface area (Å²) in [6.07, 6.45) is 3.30. The minimum Gasteiger partial charge on any atom is -0.366 e. The fourth-order valence-corrected chi connectivity index (χ4v) is 3.59. The Bertz CT molecular complexity index is 643. The first kappa shape index (κ1) is 12.4. The molecule has 1 aromatic heterocycles. The number of halogens is 1. The van der Waals surface area contributed by atoms with E-state index < -0.39 is 0 Å². The second kappa shape index (κ2) is 4.90. The number of hydrogen-bond donors (Lipinski definition) is 3. The molecule has 4 rings (SSSR count). The van der Waals surface area contributed by atoms with Crippen molar-refractivity contribution in [3.63, 3.8) is 0 Å². The van der Waals surface area contributed by atoms with Gasteiger partial charge in [0, 0.05) is 28.1 Å². The van der Waals surface area contributed by atoms with Crippen LogP contribution in [0.15, 0.2) is 22.7 Å². The van der Waals surface area contributed by atoms with Gasteiger partial charge in [0.05, 0.1) is 5.69 Å². The summed E-state index contributed by atoms with van der Waals surface area (Å²) in [4.78, 5) is 0. The van der Waals surface area contributed by atoms with Crippen molar-refractivity contribution >= 4 is 21.7 Å². The van der Waals surface area contributed by atoms with E-state index in [1.54, 1.807) is 0 Å². The average Bonchev–Trinajstić information content (AvgIpc) is 2.99. The zero-order chi connectivity index (χ0) is 13.5. The van der Waals surface area contributed by atoms with Crippen molar-refractivity contribution in [1.82, 2.24) is 15.5 Å².